The van der Waals surface area contributed by atoms with Crippen molar-refractivity contribution in [1.82, 2.24) is 0 Å². The Morgan fingerprint density at radius 1 is 0.643 bits per heavy atom. The highest BCUT2D eigenvalue weighted by Crippen LogP contribution is 2.08. The summed E-state index contributed by atoms with van der Waals surface area (Å²) in [5.74, 6) is -1.52. The molecule has 0 fully saturated rings. The predicted octanol–water partition coefficient (Wildman–Crippen LogP) is 2.42. The highest BCUT2D eigenvalue weighted by Gasteiger charge is 2.16. The largest absolute Gasteiger partial charge is 0.444 e. The third-order valence-corrected chi connectivity index (χ3v) is 3.51. The zero-order chi connectivity index (χ0) is 19.5. The lowest BCUT2D eigenvalue weighted by molar-refractivity contribution is -0.137. The molecule has 4 N–H and O–H groups in total. The van der Waals surface area contributed by atoms with E-state index in [2.05, 4.69) is 4.74 Å². The molecule has 0 radical (unpaired) electrons. The van der Waals surface area contributed by atoms with Gasteiger partial charge in [0.2, 0.25) is 0 Å². The summed E-state index contributed by atoms with van der Waals surface area (Å²) in [4.78, 5) is 33.9. The van der Waals surface area contributed by atoms with E-state index in [1.807, 2.05) is 60.7 Å². The standard InChI is InChI=1S/C13H10O.C9H9NO3.H2O/c14-13(11-7-3-1-4-8-11)12-9-5-2-6-10-12;10-6-13-9(12)8(11)7-4-2-1-3-5-7;/h1-10H;1-5H,6,10H2;1H2. The number of benzene rings is 3. The summed E-state index contributed by atoms with van der Waals surface area (Å²) in [7, 11) is 0. The van der Waals surface area contributed by atoms with E-state index in [1.54, 1.807) is 30.3 Å². The minimum absolute atomic E-state index is 0. The van der Waals surface area contributed by atoms with Crippen LogP contribution in [0, 0.1) is 0 Å². The lowest BCUT2D eigenvalue weighted by Gasteiger charge is -1.99. The fourth-order valence-electron chi connectivity index (χ4n) is 2.19. The summed E-state index contributed by atoms with van der Waals surface area (Å²) in [6.45, 7) is -0.280. The van der Waals surface area contributed by atoms with Crippen LogP contribution in [0.25, 0.3) is 0 Å². The van der Waals surface area contributed by atoms with Crippen molar-refractivity contribution in [2.45, 2.75) is 0 Å². The minimum Gasteiger partial charge on any atom is -0.444 e. The Morgan fingerprint density at radius 2 is 1.00 bits per heavy atom. The number of ketones is 2. The molecular weight excluding hydrogens is 358 g/mol. The zero-order valence-corrected chi connectivity index (χ0v) is 15.1. The first-order valence-corrected chi connectivity index (χ1v) is 8.25. The normalized spacial score (nSPS) is 9.18. The lowest BCUT2D eigenvalue weighted by atomic mass is 10.0. The second kappa shape index (κ2) is 11.9. The van der Waals surface area contributed by atoms with Gasteiger partial charge in [-0.05, 0) is 0 Å². The number of ether oxygens (including phenoxy) is 1. The summed E-state index contributed by atoms with van der Waals surface area (Å²) in [6, 6.07) is 26.8. The van der Waals surface area contributed by atoms with Gasteiger partial charge in [0.15, 0.2) is 5.78 Å². The molecule has 0 amide bonds. The number of hydrogen-bond donors (Lipinski definition) is 1. The summed E-state index contributed by atoms with van der Waals surface area (Å²) in [5, 5.41) is 0. The topological polar surface area (TPSA) is 118 Å². The summed E-state index contributed by atoms with van der Waals surface area (Å²) >= 11 is 0. The average molecular weight is 379 g/mol. The summed E-state index contributed by atoms with van der Waals surface area (Å²) in [6.07, 6.45) is 0. The highest BCUT2D eigenvalue weighted by molar-refractivity contribution is 6.40. The molecule has 0 aliphatic carbocycles. The van der Waals surface area contributed by atoms with Crippen molar-refractivity contribution in [3.05, 3.63) is 108 Å². The number of esters is 1. The maximum Gasteiger partial charge on any atom is 0.380 e. The third kappa shape index (κ3) is 6.60. The molecule has 0 heterocycles. The Balaban J connectivity index is 0.000000271. The van der Waals surface area contributed by atoms with Crippen molar-refractivity contribution in [3.63, 3.8) is 0 Å². The van der Waals surface area contributed by atoms with Crippen LogP contribution in [-0.4, -0.2) is 29.7 Å². The number of nitrogens with two attached hydrogens (primary N) is 1. The van der Waals surface area contributed by atoms with Crippen molar-refractivity contribution in [2.75, 3.05) is 6.73 Å². The van der Waals surface area contributed by atoms with Gasteiger partial charge in [-0.25, -0.2) is 4.79 Å². The molecule has 144 valence electrons. The third-order valence-electron chi connectivity index (χ3n) is 3.51. The van der Waals surface area contributed by atoms with Crippen molar-refractivity contribution in [1.29, 1.82) is 0 Å². The van der Waals surface area contributed by atoms with E-state index in [4.69, 9.17) is 5.73 Å². The fourth-order valence-corrected chi connectivity index (χ4v) is 2.19. The van der Waals surface area contributed by atoms with Crippen LogP contribution in [0.5, 0.6) is 0 Å². The number of Topliss-reactive ketones (excluding diaryl/α,β-unsaturated/α-hetero) is 1. The van der Waals surface area contributed by atoms with Crippen molar-refractivity contribution < 1.29 is 24.6 Å². The van der Waals surface area contributed by atoms with E-state index in [0.29, 0.717) is 5.56 Å². The van der Waals surface area contributed by atoms with E-state index in [-0.39, 0.29) is 18.0 Å². The second-order valence-electron chi connectivity index (χ2n) is 5.35. The van der Waals surface area contributed by atoms with Gasteiger partial charge in [-0.2, -0.15) is 0 Å². The van der Waals surface area contributed by atoms with Gasteiger partial charge >= 0.3 is 5.97 Å². The number of hydrogen-bond acceptors (Lipinski definition) is 5. The molecule has 0 unspecified atom stereocenters. The molecule has 28 heavy (non-hydrogen) atoms. The number of carbonyl (C=O) groups excluding carboxylic acids is 3. The summed E-state index contributed by atoms with van der Waals surface area (Å²) < 4.78 is 4.35. The molecular formula is C22H21NO5. The van der Waals surface area contributed by atoms with Crippen LogP contribution in [0.4, 0.5) is 0 Å². The van der Waals surface area contributed by atoms with Gasteiger partial charge in [0.05, 0.1) is 0 Å². The van der Waals surface area contributed by atoms with E-state index in [0.717, 1.165) is 11.1 Å². The predicted molar refractivity (Wildman–Crippen MR) is 106 cm³/mol. The molecule has 0 saturated heterocycles. The van der Waals surface area contributed by atoms with Crippen molar-refractivity contribution >= 4 is 17.5 Å². The van der Waals surface area contributed by atoms with Gasteiger partial charge in [-0.1, -0.05) is 91.0 Å². The van der Waals surface area contributed by atoms with Gasteiger partial charge in [0.1, 0.15) is 6.73 Å². The van der Waals surface area contributed by atoms with E-state index < -0.39 is 11.8 Å². The van der Waals surface area contributed by atoms with Crippen LogP contribution in [0.3, 0.4) is 0 Å². The molecule has 0 atom stereocenters. The van der Waals surface area contributed by atoms with Gasteiger partial charge in [-0.15, -0.1) is 0 Å². The maximum atomic E-state index is 11.8. The molecule has 3 rings (SSSR count). The smallest absolute Gasteiger partial charge is 0.380 e. The molecule has 0 bridgehead atoms. The van der Waals surface area contributed by atoms with Crippen LogP contribution in [0.1, 0.15) is 26.3 Å². The average Bonchev–Trinajstić information content (AvgIpc) is 2.75. The van der Waals surface area contributed by atoms with E-state index in [1.165, 1.54) is 0 Å². The van der Waals surface area contributed by atoms with Gasteiger partial charge in [-0.3, -0.25) is 15.3 Å². The monoisotopic (exact) mass is 379 g/mol. The summed E-state index contributed by atoms with van der Waals surface area (Å²) in [5.41, 5.74) is 6.73. The van der Waals surface area contributed by atoms with Gasteiger partial charge in [0, 0.05) is 16.7 Å². The molecule has 0 saturated carbocycles. The van der Waals surface area contributed by atoms with Crippen molar-refractivity contribution in [3.8, 4) is 0 Å². The zero-order valence-electron chi connectivity index (χ0n) is 15.1. The Bertz CT molecular complexity index is 839. The van der Waals surface area contributed by atoms with Crippen LogP contribution in [-0.2, 0) is 9.53 Å². The fraction of sp³-hybridized carbons (Fsp3) is 0.0455. The molecule has 3 aromatic rings. The molecule has 6 nitrogen and oxygen atoms in total. The van der Waals surface area contributed by atoms with Crippen LogP contribution in [0.2, 0.25) is 0 Å². The quantitative estimate of drug-likeness (QED) is 0.316. The van der Waals surface area contributed by atoms with Crippen molar-refractivity contribution in [2.24, 2.45) is 5.73 Å². The molecule has 0 aromatic heterocycles. The number of rotatable bonds is 5. The first-order valence-electron chi connectivity index (χ1n) is 8.25. The SMILES string of the molecule is NCOC(=O)C(=O)c1ccccc1.O.O=C(c1ccccc1)c1ccccc1. The van der Waals surface area contributed by atoms with Gasteiger partial charge in [0.25, 0.3) is 5.78 Å². The first-order chi connectivity index (χ1) is 13.1. The molecule has 0 aliphatic heterocycles. The molecule has 3 aromatic carbocycles. The van der Waals surface area contributed by atoms with Crippen LogP contribution in [0.15, 0.2) is 91.0 Å². The van der Waals surface area contributed by atoms with E-state index >= 15 is 0 Å². The maximum absolute atomic E-state index is 11.8. The number of carbonyl (C=O) groups is 3. The van der Waals surface area contributed by atoms with Crippen LogP contribution < -0.4 is 5.73 Å². The highest BCUT2D eigenvalue weighted by atomic mass is 16.5. The Kier molecular flexibility index (Phi) is 9.53. The lowest BCUT2D eigenvalue weighted by Crippen LogP contribution is -2.20. The molecule has 6 heteroatoms. The Morgan fingerprint density at radius 3 is 1.36 bits per heavy atom. The Hall–Kier alpha value is -3.61. The Labute approximate surface area is 162 Å². The van der Waals surface area contributed by atoms with Crippen LogP contribution >= 0.6 is 0 Å². The molecule has 0 spiro atoms. The minimum atomic E-state index is -0.922. The molecule has 0 aliphatic rings. The second-order valence-corrected chi connectivity index (χ2v) is 5.35. The van der Waals surface area contributed by atoms with Gasteiger partial charge < -0.3 is 10.2 Å². The first kappa shape index (κ1) is 22.4. The van der Waals surface area contributed by atoms with E-state index in [9.17, 15) is 14.4 Å².